The fourth-order valence-corrected chi connectivity index (χ4v) is 3.40. The predicted octanol–water partition coefficient (Wildman–Crippen LogP) is 2.60. The van der Waals surface area contributed by atoms with Gasteiger partial charge in [-0.05, 0) is 52.2 Å². The second-order valence-electron chi connectivity index (χ2n) is 8.09. The maximum atomic E-state index is 12.4. The van der Waals surface area contributed by atoms with Crippen LogP contribution >= 0.6 is 0 Å². The summed E-state index contributed by atoms with van der Waals surface area (Å²) in [7, 11) is 3.51. The number of carbonyl (C=O) groups is 1. The first kappa shape index (κ1) is 21.4. The standard InChI is InChI=1S/C21H33N3O3/c1-14-8-9-16(20(3,4)26)23-17(14)19(18(22-6)15(2)25)24-12-10-21(5,27-7)11-13-24/h8-9,22,26H,10-13H2,1-7H3/b19-18-. The summed E-state index contributed by atoms with van der Waals surface area (Å²) in [5.41, 5.74) is 2.42. The minimum atomic E-state index is -1.06. The van der Waals surface area contributed by atoms with Crippen molar-refractivity contribution in [3.63, 3.8) is 0 Å². The van der Waals surface area contributed by atoms with E-state index in [1.165, 1.54) is 0 Å². The number of allylic oxidation sites excluding steroid dienone is 1. The summed E-state index contributed by atoms with van der Waals surface area (Å²) in [6, 6.07) is 3.79. The Hall–Kier alpha value is -1.92. The number of methoxy groups -OCH3 is 1. The van der Waals surface area contributed by atoms with Crippen LogP contribution in [0.25, 0.3) is 5.70 Å². The molecule has 0 bridgehead atoms. The van der Waals surface area contributed by atoms with Gasteiger partial charge >= 0.3 is 0 Å². The number of Topliss-reactive ketones (excluding diaryl/α,β-unsaturated/α-hetero) is 1. The lowest BCUT2D eigenvalue weighted by Crippen LogP contribution is -2.44. The van der Waals surface area contributed by atoms with Crippen LogP contribution in [0.15, 0.2) is 17.8 Å². The summed E-state index contributed by atoms with van der Waals surface area (Å²) >= 11 is 0. The van der Waals surface area contributed by atoms with Gasteiger partial charge in [0.25, 0.3) is 0 Å². The number of likely N-dealkylation sites (tertiary alicyclic amines) is 1. The zero-order chi connectivity index (χ0) is 20.4. The fourth-order valence-electron chi connectivity index (χ4n) is 3.40. The minimum Gasteiger partial charge on any atom is -0.384 e. The van der Waals surface area contributed by atoms with Gasteiger partial charge in [0.1, 0.15) is 11.3 Å². The maximum Gasteiger partial charge on any atom is 0.177 e. The largest absolute Gasteiger partial charge is 0.384 e. The highest BCUT2D eigenvalue weighted by Crippen LogP contribution is 2.33. The van der Waals surface area contributed by atoms with Gasteiger partial charge < -0.3 is 20.1 Å². The molecule has 1 aromatic heterocycles. The molecule has 2 N–H and O–H groups in total. The molecular weight excluding hydrogens is 342 g/mol. The number of hydrogen-bond donors (Lipinski definition) is 2. The smallest absolute Gasteiger partial charge is 0.177 e. The number of likely N-dealkylation sites (N-methyl/N-ethyl adjacent to an activating group) is 1. The Morgan fingerprint density at radius 3 is 2.37 bits per heavy atom. The van der Waals surface area contributed by atoms with E-state index in [1.54, 1.807) is 34.9 Å². The Morgan fingerprint density at radius 2 is 1.93 bits per heavy atom. The minimum absolute atomic E-state index is 0.0394. The van der Waals surface area contributed by atoms with Crippen molar-refractivity contribution < 1.29 is 14.6 Å². The van der Waals surface area contributed by atoms with Crippen molar-refractivity contribution in [2.24, 2.45) is 0 Å². The second kappa shape index (κ2) is 7.98. The third kappa shape index (κ3) is 4.68. The van der Waals surface area contributed by atoms with Gasteiger partial charge in [-0.1, -0.05) is 6.07 Å². The fraction of sp³-hybridized carbons (Fsp3) is 0.619. The maximum absolute atomic E-state index is 12.4. The van der Waals surface area contributed by atoms with E-state index in [2.05, 4.69) is 17.1 Å². The lowest BCUT2D eigenvalue weighted by Gasteiger charge is -2.41. The van der Waals surface area contributed by atoms with Gasteiger partial charge in [0.2, 0.25) is 0 Å². The zero-order valence-corrected chi connectivity index (χ0v) is 17.6. The van der Waals surface area contributed by atoms with Gasteiger partial charge in [-0.15, -0.1) is 0 Å². The van der Waals surface area contributed by atoms with Gasteiger partial charge in [0.05, 0.1) is 22.7 Å². The van der Waals surface area contributed by atoms with Crippen molar-refractivity contribution in [2.45, 2.75) is 58.7 Å². The Kier molecular flexibility index (Phi) is 6.32. The molecular formula is C21H33N3O3. The van der Waals surface area contributed by atoms with Crippen molar-refractivity contribution >= 4 is 11.5 Å². The molecule has 6 heteroatoms. The number of piperidine rings is 1. The summed E-state index contributed by atoms with van der Waals surface area (Å²) in [4.78, 5) is 19.3. The number of aliphatic hydroxyl groups is 1. The molecule has 0 amide bonds. The van der Waals surface area contributed by atoms with Crippen LogP contribution in [-0.2, 0) is 15.1 Å². The van der Waals surface area contributed by atoms with Crippen LogP contribution in [0.4, 0.5) is 0 Å². The summed E-state index contributed by atoms with van der Waals surface area (Å²) < 4.78 is 5.66. The molecule has 150 valence electrons. The molecule has 0 atom stereocenters. The zero-order valence-electron chi connectivity index (χ0n) is 17.6. The number of nitrogens with one attached hydrogen (secondary N) is 1. The number of ketones is 1. The van der Waals surface area contributed by atoms with E-state index >= 15 is 0 Å². The molecule has 0 aliphatic carbocycles. The number of aryl methyl sites for hydroxylation is 1. The topological polar surface area (TPSA) is 74.7 Å². The number of carbonyl (C=O) groups excluding carboxylic acids is 1. The van der Waals surface area contributed by atoms with E-state index in [1.807, 2.05) is 19.1 Å². The molecule has 0 saturated carbocycles. The Balaban J connectivity index is 2.58. The average molecular weight is 376 g/mol. The summed E-state index contributed by atoms with van der Waals surface area (Å²) in [6.45, 7) is 10.6. The van der Waals surface area contributed by atoms with Gasteiger partial charge in [-0.2, -0.15) is 0 Å². The van der Waals surface area contributed by atoms with Crippen LogP contribution in [0, 0.1) is 6.92 Å². The summed E-state index contributed by atoms with van der Waals surface area (Å²) in [5, 5.41) is 13.5. The lowest BCUT2D eigenvalue weighted by atomic mass is 9.92. The van der Waals surface area contributed by atoms with E-state index < -0.39 is 5.60 Å². The third-order valence-corrected chi connectivity index (χ3v) is 5.42. The predicted molar refractivity (Wildman–Crippen MR) is 107 cm³/mol. The molecule has 2 rings (SSSR count). The molecule has 6 nitrogen and oxygen atoms in total. The van der Waals surface area contributed by atoms with E-state index in [4.69, 9.17) is 9.72 Å². The van der Waals surface area contributed by atoms with Crippen LogP contribution in [0.2, 0.25) is 0 Å². The number of ether oxygens (including phenoxy) is 1. The molecule has 0 spiro atoms. The van der Waals surface area contributed by atoms with Gasteiger partial charge in [-0.3, -0.25) is 4.79 Å². The molecule has 2 heterocycles. The molecule has 0 radical (unpaired) electrons. The highest BCUT2D eigenvalue weighted by atomic mass is 16.5. The summed E-state index contributed by atoms with van der Waals surface area (Å²) in [5.74, 6) is -0.0394. The van der Waals surface area contributed by atoms with Crippen LogP contribution in [-0.4, -0.2) is 53.6 Å². The highest BCUT2D eigenvalue weighted by Gasteiger charge is 2.33. The number of hydrogen-bond acceptors (Lipinski definition) is 6. The number of pyridine rings is 1. The number of rotatable bonds is 6. The first-order valence-electron chi connectivity index (χ1n) is 9.46. The molecule has 1 aromatic rings. The van der Waals surface area contributed by atoms with Crippen LogP contribution in [0.1, 0.15) is 57.5 Å². The highest BCUT2D eigenvalue weighted by molar-refractivity contribution is 6.00. The van der Waals surface area contributed by atoms with E-state index in [9.17, 15) is 9.90 Å². The first-order valence-corrected chi connectivity index (χ1v) is 9.46. The third-order valence-electron chi connectivity index (χ3n) is 5.42. The Bertz CT molecular complexity index is 727. The lowest BCUT2D eigenvalue weighted by molar-refractivity contribution is -0.113. The van der Waals surface area contributed by atoms with Crippen molar-refractivity contribution in [3.8, 4) is 0 Å². The molecule has 1 aliphatic rings. The number of aromatic nitrogens is 1. The van der Waals surface area contributed by atoms with E-state index in [0.717, 1.165) is 42.9 Å². The number of nitrogens with zero attached hydrogens (tertiary/aromatic N) is 2. The van der Waals surface area contributed by atoms with Gasteiger partial charge in [-0.25, -0.2) is 4.98 Å². The quantitative estimate of drug-likeness (QED) is 0.745. The van der Waals surface area contributed by atoms with Crippen molar-refractivity contribution in [1.82, 2.24) is 15.2 Å². The van der Waals surface area contributed by atoms with Gasteiger partial charge in [0, 0.05) is 34.2 Å². The normalized spacial score (nSPS) is 18.1. The second-order valence-corrected chi connectivity index (χ2v) is 8.09. The van der Waals surface area contributed by atoms with Gasteiger partial charge in [0.15, 0.2) is 5.78 Å². The van der Waals surface area contributed by atoms with Crippen LogP contribution < -0.4 is 5.32 Å². The molecule has 27 heavy (non-hydrogen) atoms. The average Bonchev–Trinajstić information content (AvgIpc) is 2.60. The first-order chi connectivity index (χ1) is 12.5. The molecule has 1 fully saturated rings. The summed E-state index contributed by atoms with van der Waals surface area (Å²) in [6.07, 6.45) is 1.73. The Labute approximate surface area is 162 Å². The van der Waals surface area contributed by atoms with Crippen molar-refractivity contribution in [3.05, 3.63) is 34.8 Å². The Morgan fingerprint density at radius 1 is 1.33 bits per heavy atom. The van der Waals surface area contributed by atoms with Crippen LogP contribution in [0.3, 0.4) is 0 Å². The van der Waals surface area contributed by atoms with E-state index in [-0.39, 0.29) is 11.4 Å². The molecule has 1 saturated heterocycles. The molecule has 0 unspecified atom stereocenters. The monoisotopic (exact) mass is 375 g/mol. The SMILES string of the molecule is CN/C(C(C)=O)=C(/c1nc(C(C)(C)O)ccc1C)N1CCC(C)(OC)CC1. The van der Waals surface area contributed by atoms with E-state index in [0.29, 0.717) is 11.4 Å². The molecule has 1 aliphatic heterocycles. The van der Waals surface area contributed by atoms with Crippen molar-refractivity contribution in [1.29, 1.82) is 0 Å². The van der Waals surface area contributed by atoms with Crippen molar-refractivity contribution in [2.75, 3.05) is 27.2 Å². The van der Waals surface area contributed by atoms with Crippen LogP contribution in [0.5, 0.6) is 0 Å². The molecule has 0 aromatic carbocycles.